The third-order valence-corrected chi connectivity index (χ3v) is 4.01. The molecule has 0 saturated carbocycles. The van der Waals surface area contributed by atoms with Gasteiger partial charge in [0.1, 0.15) is 11.6 Å². The second kappa shape index (κ2) is 9.86. The van der Waals surface area contributed by atoms with Gasteiger partial charge in [-0.15, -0.1) is 0 Å². The quantitative estimate of drug-likeness (QED) is 0.705. The molecule has 1 unspecified atom stereocenters. The lowest BCUT2D eigenvalue weighted by Crippen LogP contribution is -2.38. The summed E-state index contributed by atoms with van der Waals surface area (Å²) in [5, 5.41) is 5.05. The van der Waals surface area contributed by atoms with Gasteiger partial charge in [-0.25, -0.2) is 8.78 Å². The van der Waals surface area contributed by atoms with Crippen molar-refractivity contribution in [2.45, 2.75) is 32.9 Å². The van der Waals surface area contributed by atoms with E-state index in [1.54, 1.807) is 25.1 Å². The second-order valence-corrected chi connectivity index (χ2v) is 6.67. The molecule has 156 valence electrons. The minimum absolute atomic E-state index is 0.0126. The van der Waals surface area contributed by atoms with Gasteiger partial charge in [0.25, 0.3) is 5.91 Å². The fourth-order valence-corrected chi connectivity index (χ4v) is 2.61. The van der Waals surface area contributed by atoms with Crippen LogP contribution in [0.25, 0.3) is 0 Å². The third kappa shape index (κ3) is 6.17. The van der Waals surface area contributed by atoms with Crippen molar-refractivity contribution >= 4 is 11.8 Å². The van der Waals surface area contributed by atoms with E-state index in [-0.39, 0.29) is 24.3 Å². The number of ether oxygens (including phenoxy) is 2. The third-order valence-electron chi connectivity index (χ3n) is 4.01. The standard InChI is InChI=1S/C21H24F2N2O4/c1-12(2)29-18-8-5-14(9-19(18)28-4)13(3)25-20(26)11-24-21(27)16-7-6-15(22)10-17(16)23/h5-10,12-13H,11H2,1-4H3,(H,24,27)(H,25,26). The zero-order valence-corrected chi connectivity index (χ0v) is 16.7. The summed E-state index contributed by atoms with van der Waals surface area (Å²) < 4.78 is 37.5. The van der Waals surface area contributed by atoms with Crippen LogP contribution in [-0.4, -0.2) is 31.6 Å². The molecule has 0 saturated heterocycles. The van der Waals surface area contributed by atoms with Crippen molar-refractivity contribution in [3.05, 3.63) is 59.2 Å². The van der Waals surface area contributed by atoms with Gasteiger partial charge in [-0.1, -0.05) is 6.07 Å². The fraction of sp³-hybridized carbons (Fsp3) is 0.333. The van der Waals surface area contributed by atoms with Gasteiger partial charge in [-0.05, 0) is 50.6 Å². The number of hydrogen-bond donors (Lipinski definition) is 2. The number of amides is 2. The summed E-state index contributed by atoms with van der Waals surface area (Å²) in [6.45, 7) is 5.23. The van der Waals surface area contributed by atoms with Crippen LogP contribution in [0.15, 0.2) is 36.4 Å². The molecule has 1 atom stereocenters. The van der Waals surface area contributed by atoms with Crippen molar-refractivity contribution in [2.24, 2.45) is 0 Å². The van der Waals surface area contributed by atoms with Crippen LogP contribution >= 0.6 is 0 Å². The summed E-state index contributed by atoms with van der Waals surface area (Å²) in [6.07, 6.45) is -0.0126. The van der Waals surface area contributed by atoms with E-state index in [0.29, 0.717) is 17.6 Å². The van der Waals surface area contributed by atoms with Crippen LogP contribution in [0.5, 0.6) is 11.5 Å². The van der Waals surface area contributed by atoms with Crippen LogP contribution in [0.2, 0.25) is 0 Å². The molecule has 6 nitrogen and oxygen atoms in total. The van der Waals surface area contributed by atoms with Crippen molar-refractivity contribution in [1.82, 2.24) is 10.6 Å². The van der Waals surface area contributed by atoms with Crippen LogP contribution in [-0.2, 0) is 4.79 Å². The Hall–Kier alpha value is -3.16. The van der Waals surface area contributed by atoms with E-state index in [9.17, 15) is 18.4 Å². The van der Waals surface area contributed by atoms with Crippen LogP contribution in [0.3, 0.4) is 0 Å². The van der Waals surface area contributed by atoms with Crippen molar-refractivity contribution in [3.8, 4) is 11.5 Å². The minimum Gasteiger partial charge on any atom is -0.493 e. The highest BCUT2D eigenvalue weighted by Crippen LogP contribution is 2.31. The number of rotatable bonds is 8. The normalized spacial score (nSPS) is 11.7. The van der Waals surface area contributed by atoms with Crippen LogP contribution in [0.1, 0.15) is 42.7 Å². The number of nitrogens with one attached hydrogen (secondary N) is 2. The number of carbonyl (C=O) groups excluding carboxylic acids is 2. The Bertz CT molecular complexity index is 887. The molecular formula is C21H24F2N2O4. The lowest BCUT2D eigenvalue weighted by atomic mass is 10.1. The van der Waals surface area contributed by atoms with Gasteiger partial charge in [0.05, 0.1) is 31.4 Å². The highest BCUT2D eigenvalue weighted by Gasteiger charge is 2.16. The van der Waals surface area contributed by atoms with Gasteiger partial charge in [-0.3, -0.25) is 9.59 Å². The van der Waals surface area contributed by atoms with Crippen LogP contribution in [0, 0.1) is 11.6 Å². The molecule has 0 radical (unpaired) electrons. The molecule has 8 heteroatoms. The molecule has 2 N–H and O–H groups in total. The smallest absolute Gasteiger partial charge is 0.254 e. The maximum Gasteiger partial charge on any atom is 0.254 e. The zero-order valence-electron chi connectivity index (χ0n) is 16.7. The molecule has 29 heavy (non-hydrogen) atoms. The summed E-state index contributed by atoms with van der Waals surface area (Å²) in [5.41, 5.74) is 0.444. The van der Waals surface area contributed by atoms with Gasteiger partial charge in [-0.2, -0.15) is 0 Å². The maximum atomic E-state index is 13.6. The van der Waals surface area contributed by atoms with E-state index in [1.165, 1.54) is 7.11 Å². The molecule has 0 heterocycles. The molecule has 0 aliphatic rings. The summed E-state index contributed by atoms with van der Waals surface area (Å²) >= 11 is 0. The number of methoxy groups -OCH3 is 1. The SMILES string of the molecule is COc1cc(C(C)NC(=O)CNC(=O)c2ccc(F)cc2F)ccc1OC(C)C. The predicted molar refractivity (Wildman–Crippen MR) is 104 cm³/mol. The molecule has 2 rings (SSSR count). The molecule has 0 fully saturated rings. The molecule has 0 spiro atoms. The Morgan fingerprint density at radius 2 is 1.76 bits per heavy atom. The first-order chi connectivity index (χ1) is 13.7. The van der Waals surface area contributed by atoms with E-state index in [2.05, 4.69) is 10.6 Å². The first-order valence-electron chi connectivity index (χ1n) is 9.08. The largest absolute Gasteiger partial charge is 0.493 e. The summed E-state index contributed by atoms with van der Waals surface area (Å²) in [5.74, 6) is -1.91. The monoisotopic (exact) mass is 406 g/mol. The number of benzene rings is 2. The van der Waals surface area contributed by atoms with E-state index in [4.69, 9.17) is 9.47 Å². The van der Waals surface area contributed by atoms with E-state index in [1.807, 2.05) is 13.8 Å². The Balaban J connectivity index is 1.95. The number of hydrogen-bond acceptors (Lipinski definition) is 4. The Morgan fingerprint density at radius 3 is 2.38 bits per heavy atom. The Labute approximate surface area is 168 Å². The van der Waals surface area contributed by atoms with Crippen LogP contribution in [0.4, 0.5) is 8.78 Å². The van der Waals surface area contributed by atoms with Gasteiger partial charge in [0, 0.05) is 6.07 Å². The first-order valence-corrected chi connectivity index (χ1v) is 9.08. The summed E-state index contributed by atoms with van der Waals surface area (Å²) in [6, 6.07) is 7.55. The van der Waals surface area contributed by atoms with Crippen molar-refractivity contribution in [1.29, 1.82) is 0 Å². The summed E-state index contributed by atoms with van der Waals surface area (Å²) in [4.78, 5) is 24.1. The molecular weight excluding hydrogens is 382 g/mol. The molecule has 2 aromatic carbocycles. The van der Waals surface area contributed by atoms with Crippen molar-refractivity contribution < 1.29 is 27.8 Å². The molecule has 0 bridgehead atoms. The average Bonchev–Trinajstić information content (AvgIpc) is 2.65. The van der Waals surface area contributed by atoms with Gasteiger partial charge in [0.15, 0.2) is 11.5 Å². The lowest BCUT2D eigenvalue weighted by Gasteiger charge is -2.18. The second-order valence-electron chi connectivity index (χ2n) is 6.67. The lowest BCUT2D eigenvalue weighted by molar-refractivity contribution is -0.120. The molecule has 0 aliphatic heterocycles. The average molecular weight is 406 g/mol. The van der Waals surface area contributed by atoms with Gasteiger partial charge in [0.2, 0.25) is 5.91 Å². The van der Waals surface area contributed by atoms with Crippen molar-refractivity contribution in [2.75, 3.05) is 13.7 Å². The number of halogens is 2. The van der Waals surface area contributed by atoms with Gasteiger partial charge < -0.3 is 20.1 Å². The molecule has 2 amide bonds. The Morgan fingerprint density at radius 1 is 1.03 bits per heavy atom. The first kappa shape index (κ1) is 22.1. The summed E-state index contributed by atoms with van der Waals surface area (Å²) in [7, 11) is 1.53. The topological polar surface area (TPSA) is 76.7 Å². The number of carbonyl (C=O) groups is 2. The van der Waals surface area contributed by atoms with Crippen LogP contribution < -0.4 is 20.1 Å². The van der Waals surface area contributed by atoms with Crippen molar-refractivity contribution in [3.63, 3.8) is 0 Å². The maximum absolute atomic E-state index is 13.6. The van der Waals surface area contributed by atoms with E-state index >= 15 is 0 Å². The zero-order chi connectivity index (χ0) is 21.6. The molecule has 0 aliphatic carbocycles. The highest BCUT2D eigenvalue weighted by molar-refractivity contribution is 5.96. The predicted octanol–water partition coefficient (Wildman–Crippen LogP) is 3.37. The minimum atomic E-state index is -0.993. The Kier molecular flexibility index (Phi) is 7.52. The molecule has 0 aromatic heterocycles. The van der Waals surface area contributed by atoms with E-state index < -0.39 is 23.4 Å². The fourth-order valence-electron chi connectivity index (χ4n) is 2.61. The molecule has 2 aromatic rings. The highest BCUT2D eigenvalue weighted by atomic mass is 19.1. The van der Waals surface area contributed by atoms with E-state index in [0.717, 1.165) is 17.7 Å². The van der Waals surface area contributed by atoms with Gasteiger partial charge >= 0.3 is 0 Å².